The molecule has 2 aromatic rings. The summed E-state index contributed by atoms with van der Waals surface area (Å²) in [5, 5.41) is 5.66. The van der Waals surface area contributed by atoms with Gasteiger partial charge in [-0.1, -0.05) is 30.3 Å². The van der Waals surface area contributed by atoms with Crippen LogP contribution in [-0.2, 0) is 23.4 Å². The highest BCUT2D eigenvalue weighted by atomic mass is 19.4. The van der Waals surface area contributed by atoms with Crippen molar-refractivity contribution < 1.29 is 26.7 Å². The number of benzene rings is 2. The molecule has 8 heteroatoms. The van der Waals surface area contributed by atoms with E-state index in [9.17, 15) is 26.7 Å². The summed E-state index contributed by atoms with van der Waals surface area (Å²) >= 11 is 0. The lowest BCUT2D eigenvalue weighted by Crippen LogP contribution is -2.40. The van der Waals surface area contributed by atoms with Gasteiger partial charge >= 0.3 is 6.18 Å². The number of nitrogens with one attached hydrogen (secondary N) is 2. The van der Waals surface area contributed by atoms with Crippen LogP contribution in [0.1, 0.15) is 41.5 Å². The first-order chi connectivity index (χ1) is 13.5. The molecule has 0 unspecified atom stereocenters. The lowest BCUT2D eigenvalue weighted by atomic mass is 9.96. The fourth-order valence-corrected chi connectivity index (χ4v) is 3.44. The number of alkyl halides is 5. The highest BCUT2D eigenvalue weighted by Crippen LogP contribution is 2.35. The lowest BCUT2D eigenvalue weighted by Gasteiger charge is -2.17. The third kappa shape index (κ3) is 5.32. The van der Waals surface area contributed by atoms with E-state index in [1.165, 1.54) is 0 Å². The largest absolute Gasteiger partial charge is 0.416 e. The van der Waals surface area contributed by atoms with Crippen LogP contribution in [0, 0.1) is 0 Å². The highest BCUT2D eigenvalue weighted by molar-refractivity contribution is 5.82. The van der Waals surface area contributed by atoms with E-state index in [-0.39, 0.29) is 23.9 Å². The third-order valence-electron chi connectivity index (χ3n) is 5.01. The molecule has 3 nitrogen and oxygen atoms in total. The van der Waals surface area contributed by atoms with Gasteiger partial charge in [0.05, 0.1) is 11.6 Å². The van der Waals surface area contributed by atoms with E-state index in [0.29, 0.717) is 26.0 Å². The average molecular weight is 412 g/mol. The van der Waals surface area contributed by atoms with Crippen molar-refractivity contribution in [3.63, 3.8) is 0 Å². The van der Waals surface area contributed by atoms with Gasteiger partial charge in [-0.25, -0.2) is 8.78 Å². The van der Waals surface area contributed by atoms with Crippen molar-refractivity contribution in [3.8, 4) is 0 Å². The molecule has 0 radical (unpaired) electrons. The fourth-order valence-electron chi connectivity index (χ4n) is 3.44. The second-order valence-electron chi connectivity index (χ2n) is 7.33. The molecule has 0 spiro atoms. The molecule has 0 saturated carbocycles. The van der Waals surface area contributed by atoms with E-state index < -0.39 is 29.3 Å². The van der Waals surface area contributed by atoms with Gasteiger partial charge in [0.1, 0.15) is 0 Å². The van der Waals surface area contributed by atoms with Crippen LogP contribution in [0.2, 0.25) is 0 Å². The molecule has 0 bridgehead atoms. The van der Waals surface area contributed by atoms with E-state index in [1.807, 2.05) is 30.3 Å². The third-order valence-corrected chi connectivity index (χ3v) is 5.01. The van der Waals surface area contributed by atoms with Crippen molar-refractivity contribution in [2.24, 2.45) is 0 Å². The van der Waals surface area contributed by atoms with E-state index in [2.05, 4.69) is 10.6 Å². The van der Waals surface area contributed by atoms with Crippen LogP contribution in [0.15, 0.2) is 48.5 Å². The molecular weight excluding hydrogens is 391 g/mol. The second kappa shape index (κ2) is 8.10. The molecule has 0 aliphatic carbocycles. The van der Waals surface area contributed by atoms with Crippen LogP contribution in [0.3, 0.4) is 0 Å². The molecule has 156 valence electrons. The van der Waals surface area contributed by atoms with Crippen LogP contribution in [0.25, 0.3) is 0 Å². The predicted octanol–water partition coefficient (Wildman–Crippen LogP) is 4.58. The zero-order valence-electron chi connectivity index (χ0n) is 15.7. The van der Waals surface area contributed by atoms with Gasteiger partial charge in [0.15, 0.2) is 0 Å². The smallest absolute Gasteiger partial charge is 0.351 e. The summed E-state index contributed by atoms with van der Waals surface area (Å²) in [6.45, 7) is 0.884. The Kier molecular flexibility index (Phi) is 5.93. The first-order valence-electron chi connectivity index (χ1n) is 9.19. The molecule has 29 heavy (non-hydrogen) atoms. The summed E-state index contributed by atoms with van der Waals surface area (Å²) in [6, 6.07) is 11.4. The molecule has 2 N–H and O–H groups in total. The minimum absolute atomic E-state index is 0.0256. The van der Waals surface area contributed by atoms with Crippen LogP contribution in [-0.4, -0.2) is 18.5 Å². The van der Waals surface area contributed by atoms with Gasteiger partial charge in [-0.05, 0) is 41.7 Å². The highest BCUT2D eigenvalue weighted by Gasteiger charge is 2.35. The topological polar surface area (TPSA) is 41.1 Å². The molecule has 1 aliphatic rings. The van der Waals surface area contributed by atoms with E-state index >= 15 is 0 Å². The summed E-state index contributed by atoms with van der Waals surface area (Å²) < 4.78 is 66.3. The molecule has 1 heterocycles. The lowest BCUT2D eigenvalue weighted by molar-refractivity contribution is -0.137. The van der Waals surface area contributed by atoms with E-state index in [4.69, 9.17) is 0 Å². The zero-order chi connectivity index (χ0) is 21.2. The Morgan fingerprint density at radius 2 is 1.72 bits per heavy atom. The number of carbonyl (C=O) groups is 1. The number of hydrogen-bond acceptors (Lipinski definition) is 2. The molecule has 1 saturated heterocycles. The van der Waals surface area contributed by atoms with Gasteiger partial charge in [-0.15, -0.1) is 0 Å². The van der Waals surface area contributed by atoms with Crippen molar-refractivity contribution in [1.29, 1.82) is 0 Å². The van der Waals surface area contributed by atoms with Crippen molar-refractivity contribution in [3.05, 3.63) is 70.8 Å². The standard InChI is InChI=1S/C21H21F5N2O/c1-20(22,23)16-7-13(8-17(10-16)21(24,25)26)11-28-19(29)18-9-15(12-27-18)14-5-3-2-4-6-14/h2-8,10,15,18,27H,9,11-12H2,1H3,(H,28,29)/t15-,18+/m1/s1. The van der Waals surface area contributed by atoms with Crippen molar-refractivity contribution in [1.82, 2.24) is 10.6 Å². The normalized spacial score (nSPS) is 19.9. The number of halogens is 5. The number of rotatable bonds is 5. The number of carbonyl (C=O) groups excluding carboxylic acids is 1. The Hall–Kier alpha value is -2.48. The Morgan fingerprint density at radius 3 is 2.34 bits per heavy atom. The van der Waals surface area contributed by atoms with Crippen LogP contribution in [0.4, 0.5) is 22.0 Å². The monoisotopic (exact) mass is 412 g/mol. The van der Waals surface area contributed by atoms with Gasteiger partial charge in [0.25, 0.3) is 5.92 Å². The zero-order valence-corrected chi connectivity index (χ0v) is 15.7. The Bertz CT molecular complexity index is 829. The molecular formula is C21H21F5N2O. The van der Waals surface area contributed by atoms with E-state index in [0.717, 1.165) is 17.7 Å². The molecule has 1 aliphatic heterocycles. The van der Waals surface area contributed by atoms with Crippen molar-refractivity contribution in [2.75, 3.05) is 6.54 Å². The van der Waals surface area contributed by atoms with Gasteiger partial charge in [-0.3, -0.25) is 4.79 Å². The summed E-state index contributed by atoms with van der Waals surface area (Å²) in [4.78, 5) is 12.4. The van der Waals surface area contributed by atoms with Gasteiger partial charge < -0.3 is 10.6 Å². The summed E-state index contributed by atoms with van der Waals surface area (Å²) in [7, 11) is 0. The van der Waals surface area contributed by atoms with Crippen LogP contribution in [0.5, 0.6) is 0 Å². The maximum atomic E-state index is 13.6. The average Bonchev–Trinajstić information content (AvgIpc) is 3.15. The maximum Gasteiger partial charge on any atom is 0.416 e. The molecule has 1 fully saturated rings. The number of amides is 1. The van der Waals surface area contributed by atoms with E-state index in [1.54, 1.807) is 0 Å². The Balaban J connectivity index is 1.67. The molecule has 2 aromatic carbocycles. The first kappa shape index (κ1) is 21.2. The van der Waals surface area contributed by atoms with Crippen molar-refractivity contribution in [2.45, 2.75) is 43.9 Å². The van der Waals surface area contributed by atoms with Crippen molar-refractivity contribution >= 4 is 5.91 Å². The maximum absolute atomic E-state index is 13.6. The minimum Gasteiger partial charge on any atom is -0.351 e. The van der Waals surface area contributed by atoms with Gasteiger partial charge in [0, 0.05) is 25.6 Å². The summed E-state index contributed by atoms with van der Waals surface area (Å²) in [6.07, 6.45) is -4.20. The molecule has 1 amide bonds. The molecule has 2 atom stereocenters. The quantitative estimate of drug-likeness (QED) is 0.706. The molecule has 0 aromatic heterocycles. The second-order valence-corrected chi connectivity index (χ2v) is 7.33. The Labute approximate surface area is 165 Å². The Morgan fingerprint density at radius 1 is 1.07 bits per heavy atom. The number of hydrogen-bond donors (Lipinski definition) is 2. The SMILES string of the molecule is CC(F)(F)c1cc(CNC(=O)[C@@H]2C[C@@H](c3ccccc3)CN2)cc(C(F)(F)F)c1. The van der Waals surface area contributed by atoms with Crippen LogP contribution >= 0.6 is 0 Å². The van der Waals surface area contributed by atoms with Gasteiger partial charge in [0.2, 0.25) is 5.91 Å². The summed E-state index contributed by atoms with van der Waals surface area (Å²) in [5.74, 6) is -3.63. The van der Waals surface area contributed by atoms with Gasteiger partial charge in [-0.2, -0.15) is 13.2 Å². The predicted molar refractivity (Wildman–Crippen MR) is 98.4 cm³/mol. The molecule has 3 rings (SSSR count). The minimum atomic E-state index is -4.75. The first-order valence-corrected chi connectivity index (χ1v) is 9.19. The van der Waals surface area contributed by atoms with Crippen LogP contribution < -0.4 is 10.6 Å². The fraction of sp³-hybridized carbons (Fsp3) is 0.381. The summed E-state index contributed by atoms with van der Waals surface area (Å²) in [5.41, 5.74) is -0.825.